The number of hydrogen-bond donors (Lipinski definition) is 1. The van der Waals surface area contributed by atoms with Crippen molar-refractivity contribution in [2.45, 2.75) is 25.9 Å². The van der Waals surface area contributed by atoms with Crippen molar-refractivity contribution in [2.24, 2.45) is 5.92 Å². The van der Waals surface area contributed by atoms with E-state index in [1.807, 2.05) is 6.92 Å². The van der Waals surface area contributed by atoms with Crippen LogP contribution in [0.15, 0.2) is 48.5 Å². The molecule has 0 aliphatic heterocycles. The third-order valence-corrected chi connectivity index (χ3v) is 4.15. The highest BCUT2D eigenvalue weighted by Crippen LogP contribution is 2.30. The fourth-order valence-electron chi connectivity index (χ4n) is 2.75. The van der Waals surface area contributed by atoms with Crippen LogP contribution in [-0.4, -0.2) is 25.1 Å². The van der Waals surface area contributed by atoms with Crippen molar-refractivity contribution in [2.75, 3.05) is 14.2 Å². The maximum atomic E-state index is 12.8. The van der Waals surface area contributed by atoms with Crippen LogP contribution in [0.2, 0.25) is 0 Å². The summed E-state index contributed by atoms with van der Waals surface area (Å²) in [6, 6.07) is 14.2. The number of rotatable bonds is 8. The van der Waals surface area contributed by atoms with Crippen molar-refractivity contribution in [1.29, 1.82) is 0 Å². The number of carbonyl (C=O) groups excluding carboxylic acids is 1. The van der Waals surface area contributed by atoms with E-state index in [9.17, 15) is 9.90 Å². The van der Waals surface area contributed by atoms with Gasteiger partial charge >= 0.3 is 0 Å². The lowest BCUT2D eigenvalue weighted by molar-refractivity contribution is 0.0654. The Balaban J connectivity index is 2.23. The van der Waals surface area contributed by atoms with Gasteiger partial charge in [0.1, 0.15) is 11.5 Å². The number of aliphatic hydroxyl groups excluding tert-OH is 1. The minimum Gasteiger partial charge on any atom is -0.497 e. The minimum absolute atomic E-state index is 0.0529. The predicted molar refractivity (Wildman–Crippen MR) is 93.7 cm³/mol. The highest BCUT2D eigenvalue weighted by Gasteiger charge is 2.28. The van der Waals surface area contributed by atoms with Gasteiger partial charge < -0.3 is 14.6 Å². The van der Waals surface area contributed by atoms with Crippen molar-refractivity contribution in [3.05, 3.63) is 59.7 Å². The Morgan fingerprint density at radius 2 is 1.46 bits per heavy atom. The number of Topliss-reactive ketones (excluding diaryl/α,β-unsaturated/α-hetero) is 1. The second kappa shape index (κ2) is 8.50. The Kier molecular flexibility index (Phi) is 6.38. The summed E-state index contributed by atoms with van der Waals surface area (Å²) in [4.78, 5) is 12.8. The number of ether oxygens (including phenoxy) is 2. The number of aliphatic hydroxyl groups is 1. The van der Waals surface area contributed by atoms with Gasteiger partial charge in [0, 0.05) is 5.56 Å². The van der Waals surface area contributed by atoms with Gasteiger partial charge in [0.25, 0.3) is 0 Å². The smallest absolute Gasteiger partial charge is 0.168 e. The van der Waals surface area contributed by atoms with Gasteiger partial charge in [0.05, 0.1) is 26.2 Å². The molecule has 0 saturated heterocycles. The Labute approximate surface area is 143 Å². The Hall–Kier alpha value is -2.33. The van der Waals surface area contributed by atoms with Gasteiger partial charge in [-0.1, -0.05) is 25.5 Å². The first kappa shape index (κ1) is 18.0. The van der Waals surface area contributed by atoms with E-state index in [0.29, 0.717) is 17.7 Å². The van der Waals surface area contributed by atoms with Crippen LogP contribution in [-0.2, 0) is 0 Å². The van der Waals surface area contributed by atoms with E-state index in [4.69, 9.17) is 9.47 Å². The molecule has 0 fully saturated rings. The molecule has 2 aromatic carbocycles. The summed E-state index contributed by atoms with van der Waals surface area (Å²) in [7, 11) is 3.18. The molecule has 2 atom stereocenters. The zero-order valence-corrected chi connectivity index (χ0v) is 14.4. The number of methoxy groups -OCH3 is 2. The standard InChI is InChI=1S/C20H24O4/c1-4-5-18(19(21)14-6-10-16(23-2)11-7-14)20(22)15-8-12-17(24-3)13-9-15/h6-13,18-19,21H,4-5H2,1-3H3. The fourth-order valence-corrected chi connectivity index (χ4v) is 2.75. The molecule has 24 heavy (non-hydrogen) atoms. The van der Waals surface area contributed by atoms with Crippen LogP contribution in [0.3, 0.4) is 0 Å². The molecule has 2 rings (SSSR count). The molecule has 0 aliphatic carbocycles. The van der Waals surface area contributed by atoms with Gasteiger partial charge in [-0.15, -0.1) is 0 Å². The van der Waals surface area contributed by atoms with E-state index >= 15 is 0 Å². The average molecular weight is 328 g/mol. The minimum atomic E-state index is -0.842. The summed E-state index contributed by atoms with van der Waals surface area (Å²) in [5.74, 6) is 0.897. The van der Waals surface area contributed by atoms with Gasteiger partial charge in [-0.05, 0) is 48.4 Å². The Bertz CT molecular complexity index is 646. The maximum Gasteiger partial charge on any atom is 0.168 e. The SMILES string of the molecule is CCCC(C(=O)c1ccc(OC)cc1)C(O)c1ccc(OC)cc1. The molecule has 4 nitrogen and oxygen atoms in total. The first-order valence-electron chi connectivity index (χ1n) is 8.11. The molecule has 0 aromatic heterocycles. The number of hydrogen-bond acceptors (Lipinski definition) is 4. The largest absolute Gasteiger partial charge is 0.497 e. The van der Waals surface area contributed by atoms with Crippen molar-refractivity contribution in [3.8, 4) is 11.5 Å². The molecule has 0 amide bonds. The molecular weight excluding hydrogens is 304 g/mol. The summed E-state index contributed by atoms with van der Waals surface area (Å²) in [5, 5.41) is 10.7. The van der Waals surface area contributed by atoms with Gasteiger partial charge in [0.15, 0.2) is 5.78 Å². The van der Waals surface area contributed by atoms with Crippen molar-refractivity contribution < 1.29 is 19.4 Å². The molecule has 0 heterocycles. The normalized spacial score (nSPS) is 13.2. The molecule has 4 heteroatoms. The lowest BCUT2D eigenvalue weighted by atomic mass is 9.85. The van der Waals surface area contributed by atoms with Crippen LogP contribution in [0, 0.1) is 5.92 Å². The highest BCUT2D eigenvalue weighted by atomic mass is 16.5. The number of carbonyl (C=O) groups is 1. The second-order valence-corrected chi connectivity index (χ2v) is 5.71. The van der Waals surface area contributed by atoms with Crippen LogP contribution < -0.4 is 9.47 Å². The van der Waals surface area contributed by atoms with Crippen LogP contribution in [0.5, 0.6) is 11.5 Å². The molecular formula is C20H24O4. The third-order valence-electron chi connectivity index (χ3n) is 4.15. The molecule has 0 bridgehead atoms. The molecule has 0 aliphatic rings. The molecule has 0 spiro atoms. The van der Waals surface area contributed by atoms with Crippen molar-refractivity contribution in [3.63, 3.8) is 0 Å². The summed E-state index contributed by atoms with van der Waals surface area (Å²) in [5.41, 5.74) is 1.30. The van der Waals surface area contributed by atoms with E-state index in [1.165, 1.54) is 0 Å². The molecule has 0 saturated carbocycles. The van der Waals surface area contributed by atoms with Gasteiger partial charge in [-0.25, -0.2) is 0 Å². The summed E-state index contributed by atoms with van der Waals surface area (Å²) >= 11 is 0. The van der Waals surface area contributed by atoms with Crippen LogP contribution in [0.25, 0.3) is 0 Å². The zero-order valence-electron chi connectivity index (χ0n) is 14.4. The first-order chi connectivity index (χ1) is 11.6. The lowest BCUT2D eigenvalue weighted by Gasteiger charge is -2.22. The van der Waals surface area contributed by atoms with E-state index in [2.05, 4.69) is 0 Å². The summed E-state index contributed by atoms with van der Waals surface area (Å²) < 4.78 is 10.3. The summed E-state index contributed by atoms with van der Waals surface area (Å²) in [6.07, 6.45) is 0.600. The lowest BCUT2D eigenvalue weighted by Crippen LogP contribution is -2.22. The van der Waals surface area contributed by atoms with Crippen LogP contribution >= 0.6 is 0 Å². The van der Waals surface area contributed by atoms with Gasteiger partial charge in [-0.2, -0.15) is 0 Å². The summed E-state index contributed by atoms with van der Waals surface area (Å²) in [6.45, 7) is 2.01. The molecule has 1 N–H and O–H groups in total. The Morgan fingerprint density at radius 1 is 0.958 bits per heavy atom. The third kappa shape index (κ3) is 4.15. The van der Waals surface area contributed by atoms with Crippen LogP contribution in [0.4, 0.5) is 0 Å². The second-order valence-electron chi connectivity index (χ2n) is 5.71. The van der Waals surface area contributed by atoms with Crippen LogP contribution in [0.1, 0.15) is 41.8 Å². The maximum absolute atomic E-state index is 12.8. The first-order valence-corrected chi connectivity index (χ1v) is 8.11. The molecule has 2 unspecified atom stereocenters. The van der Waals surface area contributed by atoms with Crippen molar-refractivity contribution in [1.82, 2.24) is 0 Å². The molecule has 2 aromatic rings. The monoisotopic (exact) mass is 328 g/mol. The van der Waals surface area contributed by atoms with E-state index < -0.39 is 12.0 Å². The predicted octanol–water partition coefficient (Wildman–Crippen LogP) is 4.04. The van der Waals surface area contributed by atoms with Crippen molar-refractivity contribution >= 4 is 5.78 Å². The molecule has 0 radical (unpaired) electrons. The number of benzene rings is 2. The average Bonchev–Trinajstić information content (AvgIpc) is 2.65. The van der Waals surface area contributed by atoms with E-state index in [1.54, 1.807) is 62.8 Å². The zero-order chi connectivity index (χ0) is 17.5. The topological polar surface area (TPSA) is 55.8 Å². The van der Waals surface area contributed by atoms with E-state index in [0.717, 1.165) is 17.7 Å². The highest BCUT2D eigenvalue weighted by molar-refractivity contribution is 5.98. The van der Waals surface area contributed by atoms with Gasteiger partial charge in [0.2, 0.25) is 0 Å². The van der Waals surface area contributed by atoms with E-state index in [-0.39, 0.29) is 5.78 Å². The fraction of sp³-hybridized carbons (Fsp3) is 0.350. The Morgan fingerprint density at radius 3 is 1.92 bits per heavy atom. The quantitative estimate of drug-likeness (QED) is 0.743. The van der Waals surface area contributed by atoms with Gasteiger partial charge in [-0.3, -0.25) is 4.79 Å². The molecule has 128 valence electrons. The number of ketones is 1.